The van der Waals surface area contributed by atoms with Gasteiger partial charge in [0.2, 0.25) is 5.91 Å². The molecule has 0 atom stereocenters. The van der Waals surface area contributed by atoms with E-state index in [1.807, 2.05) is 42.5 Å². The summed E-state index contributed by atoms with van der Waals surface area (Å²) in [5, 5.41) is 5.64. The highest BCUT2D eigenvalue weighted by Crippen LogP contribution is 2.20. The summed E-state index contributed by atoms with van der Waals surface area (Å²) in [6.45, 7) is 1.79. The number of hydrogen-bond donors (Lipinski definition) is 2. The van der Waals surface area contributed by atoms with Crippen LogP contribution in [-0.2, 0) is 4.79 Å². The molecular weight excluding hydrogens is 324 g/mol. The molecule has 0 saturated carbocycles. The van der Waals surface area contributed by atoms with Crippen molar-refractivity contribution in [2.45, 2.75) is 13.3 Å². The van der Waals surface area contributed by atoms with Gasteiger partial charge < -0.3 is 10.6 Å². The second-order valence-electron chi connectivity index (χ2n) is 5.88. The SMILES string of the molecule is CCC(=O)Nc1cccc(NC(=O)c2ccc(-c3ccccc3)cc2)c1. The molecule has 0 unspecified atom stereocenters. The van der Waals surface area contributed by atoms with Gasteiger partial charge in [-0.25, -0.2) is 0 Å². The molecule has 0 bridgehead atoms. The van der Waals surface area contributed by atoms with Gasteiger partial charge in [0.05, 0.1) is 0 Å². The fourth-order valence-electron chi connectivity index (χ4n) is 2.57. The summed E-state index contributed by atoms with van der Waals surface area (Å²) < 4.78 is 0. The minimum Gasteiger partial charge on any atom is -0.326 e. The zero-order valence-electron chi connectivity index (χ0n) is 14.5. The molecule has 2 amide bonds. The fraction of sp³-hybridized carbons (Fsp3) is 0.0909. The summed E-state index contributed by atoms with van der Waals surface area (Å²) in [6.07, 6.45) is 0.407. The van der Waals surface area contributed by atoms with Gasteiger partial charge >= 0.3 is 0 Å². The second kappa shape index (κ2) is 8.12. The van der Waals surface area contributed by atoms with Crippen LogP contribution in [0.2, 0.25) is 0 Å². The van der Waals surface area contributed by atoms with Crippen molar-refractivity contribution in [2.75, 3.05) is 10.6 Å². The van der Waals surface area contributed by atoms with Crippen molar-refractivity contribution >= 4 is 23.2 Å². The first-order chi connectivity index (χ1) is 12.7. The molecule has 26 heavy (non-hydrogen) atoms. The molecule has 0 radical (unpaired) electrons. The van der Waals surface area contributed by atoms with E-state index in [1.165, 1.54) is 0 Å². The summed E-state index contributed by atoms with van der Waals surface area (Å²) >= 11 is 0. The van der Waals surface area contributed by atoms with Crippen molar-refractivity contribution in [3.8, 4) is 11.1 Å². The minimum absolute atomic E-state index is 0.0648. The van der Waals surface area contributed by atoms with Gasteiger partial charge in [0.1, 0.15) is 0 Å². The Kier molecular flexibility index (Phi) is 5.44. The van der Waals surface area contributed by atoms with Gasteiger partial charge in [-0.2, -0.15) is 0 Å². The molecule has 0 aliphatic heterocycles. The zero-order chi connectivity index (χ0) is 18.4. The molecule has 0 aliphatic carbocycles. The van der Waals surface area contributed by atoms with E-state index in [-0.39, 0.29) is 11.8 Å². The minimum atomic E-state index is -0.191. The number of carbonyl (C=O) groups is 2. The molecule has 0 fully saturated rings. The van der Waals surface area contributed by atoms with Crippen LogP contribution < -0.4 is 10.6 Å². The van der Waals surface area contributed by atoms with Gasteiger partial charge in [-0.05, 0) is 41.5 Å². The third-order valence-corrected chi connectivity index (χ3v) is 3.98. The Hall–Kier alpha value is -3.40. The lowest BCUT2D eigenvalue weighted by Gasteiger charge is -2.09. The molecule has 0 saturated heterocycles. The monoisotopic (exact) mass is 344 g/mol. The molecular formula is C22H20N2O2. The van der Waals surface area contributed by atoms with Gasteiger partial charge in [-0.1, -0.05) is 55.5 Å². The van der Waals surface area contributed by atoms with Crippen LogP contribution >= 0.6 is 0 Å². The predicted molar refractivity (Wildman–Crippen MR) is 105 cm³/mol. The van der Waals surface area contributed by atoms with Crippen LogP contribution in [0, 0.1) is 0 Å². The lowest BCUT2D eigenvalue weighted by Crippen LogP contribution is -2.13. The van der Waals surface area contributed by atoms with E-state index in [4.69, 9.17) is 0 Å². The van der Waals surface area contributed by atoms with Crippen LogP contribution in [-0.4, -0.2) is 11.8 Å². The van der Waals surface area contributed by atoms with Crippen LogP contribution in [0.3, 0.4) is 0 Å². The topological polar surface area (TPSA) is 58.2 Å². The highest BCUT2D eigenvalue weighted by molar-refractivity contribution is 6.05. The molecule has 130 valence electrons. The van der Waals surface area contributed by atoms with Gasteiger partial charge in [0.25, 0.3) is 5.91 Å². The first-order valence-corrected chi connectivity index (χ1v) is 8.52. The highest BCUT2D eigenvalue weighted by Gasteiger charge is 2.07. The normalized spacial score (nSPS) is 10.2. The van der Waals surface area contributed by atoms with Gasteiger partial charge in [0.15, 0.2) is 0 Å². The van der Waals surface area contributed by atoms with Crippen LogP contribution in [0.15, 0.2) is 78.9 Å². The summed E-state index contributed by atoms with van der Waals surface area (Å²) in [4.78, 5) is 23.9. The number of hydrogen-bond acceptors (Lipinski definition) is 2. The van der Waals surface area contributed by atoms with E-state index in [2.05, 4.69) is 10.6 Å². The summed E-state index contributed by atoms with van der Waals surface area (Å²) in [6, 6.07) is 24.6. The maximum Gasteiger partial charge on any atom is 0.255 e. The Morgan fingerprint density at radius 3 is 2.00 bits per heavy atom. The van der Waals surface area contributed by atoms with Crippen molar-refractivity contribution in [3.05, 3.63) is 84.4 Å². The third kappa shape index (κ3) is 4.36. The molecule has 0 spiro atoms. The largest absolute Gasteiger partial charge is 0.326 e. The van der Waals surface area contributed by atoms with E-state index in [0.717, 1.165) is 11.1 Å². The average Bonchev–Trinajstić information content (AvgIpc) is 2.69. The Bertz CT molecular complexity index is 903. The molecule has 0 aromatic heterocycles. The Morgan fingerprint density at radius 2 is 1.35 bits per heavy atom. The number of rotatable bonds is 5. The summed E-state index contributed by atoms with van der Waals surface area (Å²) in [7, 11) is 0. The molecule has 0 heterocycles. The maximum atomic E-state index is 12.5. The first-order valence-electron chi connectivity index (χ1n) is 8.52. The van der Waals surface area contributed by atoms with Crippen molar-refractivity contribution < 1.29 is 9.59 Å². The fourth-order valence-corrected chi connectivity index (χ4v) is 2.57. The smallest absolute Gasteiger partial charge is 0.255 e. The number of anilines is 2. The first kappa shape index (κ1) is 17.4. The second-order valence-corrected chi connectivity index (χ2v) is 5.88. The number of nitrogens with one attached hydrogen (secondary N) is 2. The van der Waals surface area contributed by atoms with E-state index in [9.17, 15) is 9.59 Å². The number of carbonyl (C=O) groups excluding carboxylic acids is 2. The molecule has 3 aromatic carbocycles. The maximum absolute atomic E-state index is 12.5. The predicted octanol–water partition coefficient (Wildman–Crippen LogP) is 4.95. The van der Waals surface area contributed by atoms with E-state index in [1.54, 1.807) is 43.3 Å². The van der Waals surface area contributed by atoms with Crippen molar-refractivity contribution in [1.29, 1.82) is 0 Å². The zero-order valence-corrected chi connectivity index (χ0v) is 14.5. The molecule has 3 rings (SSSR count). The van der Waals surface area contributed by atoms with Crippen molar-refractivity contribution in [3.63, 3.8) is 0 Å². The van der Waals surface area contributed by atoms with Gasteiger partial charge in [-0.3, -0.25) is 9.59 Å². The Labute approximate surface area is 152 Å². The van der Waals surface area contributed by atoms with Gasteiger partial charge in [-0.15, -0.1) is 0 Å². The van der Waals surface area contributed by atoms with E-state index < -0.39 is 0 Å². The lowest BCUT2D eigenvalue weighted by atomic mass is 10.0. The molecule has 4 nitrogen and oxygen atoms in total. The number of benzene rings is 3. The van der Waals surface area contributed by atoms with Crippen molar-refractivity contribution in [1.82, 2.24) is 0 Å². The van der Waals surface area contributed by atoms with Crippen LogP contribution in [0.25, 0.3) is 11.1 Å². The van der Waals surface area contributed by atoms with Crippen molar-refractivity contribution in [2.24, 2.45) is 0 Å². The standard InChI is InChI=1S/C22H20N2O2/c1-2-21(25)23-19-9-6-10-20(15-19)24-22(26)18-13-11-17(12-14-18)16-7-4-3-5-8-16/h3-15H,2H2,1H3,(H,23,25)(H,24,26). The van der Waals surface area contributed by atoms with Gasteiger partial charge in [0, 0.05) is 23.4 Å². The third-order valence-electron chi connectivity index (χ3n) is 3.98. The van der Waals surface area contributed by atoms with Crippen LogP contribution in [0.1, 0.15) is 23.7 Å². The molecule has 3 aromatic rings. The Morgan fingerprint density at radius 1 is 0.731 bits per heavy atom. The van der Waals surface area contributed by atoms with Crippen LogP contribution in [0.4, 0.5) is 11.4 Å². The van der Waals surface area contributed by atoms with E-state index in [0.29, 0.717) is 23.4 Å². The highest BCUT2D eigenvalue weighted by atomic mass is 16.2. The van der Waals surface area contributed by atoms with Crippen LogP contribution in [0.5, 0.6) is 0 Å². The quantitative estimate of drug-likeness (QED) is 0.688. The summed E-state index contributed by atoms with van der Waals surface area (Å²) in [5.41, 5.74) is 4.04. The van der Waals surface area contributed by atoms with E-state index >= 15 is 0 Å². The lowest BCUT2D eigenvalue weighted by molar-refractivity contribution is -0.115. The number of amides is 2. The molecule has 4 heteroatoms. The molecule has 2 N–H and O–H groups in total. The Balaban J connectivity index is 1.70. The summed E-state index contributed by atoms with van der Waals surface area (Å²) in [5.74, 6) is -0.256. The molecule has 0 aliphatic rings. The average molecular weight is 344 g/mol.